The fraction of sp³-hybridized carbons (Fsp3) is 0.130. The van der Waals surface area contributed by atoms with Crippen molar-refractivity contribution in [2.75, 3.05) is 5.73 Å². The van der Waals surface area contributed by atoms with Crippen LogP contribution in [-0.4, -0.2) is 20.9 Å². The first-order valence-electron chi connectivity index (χ1n) is 9.37. The summed E-state index contributed by atoms with van der Waals surface area (Å²) in [5.74, 6) is -0.281. The lowest BCUT2D eigenvalue weighted by Crippen LogP contribution is -2.29. The number of pyridine rings is 1. The molecule has 0 aliphatic carbocycles. The molecule has 144 valence electrons. The number of amides is 1. The van der Waals surface area contributed by atoms with Gasteiger partial charge >= 0.3 is 0 Å². The quantitative estimate of drug-likeness (QED) is 0.554. The number of carbonyl (C=O) groups excluding carboxylic acids is 1. The standard InChI is InChI=1S/C23H21N5O/c1-14-7-3-5-9-17(14)18-13-16-8-4-6-10-19(16)28-20(18)15(2)27-23(29)21-22(24)26-12-11-25-21/h3-13,15H,1-2H3,(H2,24,26)(H,27,29). The summed E-state index contributed by atoms with van der Waals surface area (Å²) in [4.78, 5) is 25.6. The zero-order valence-electron chi connectivity index (χ0n) is 16.3. The smallest absolute Gasteiger partial charge is 0.274 e. The number of hydrogen-bond donors (Lipinski definition) is 2. The Morgan fingerprint density at radius 2 is 1.72 bits per heavy atom. The van der Waals surface area contributed by atoms with E-state index in [1.54, 1.807) is 0 Å². The number of nitrogen functional groups attached to an aromatic ring is 1. The second-order valence-corrected chi connectivity index (χ2v) is 6.91. The van der Waals surface area contributed by atoms with Crippen LogP contribution < -0.4 is 11.1 Å². The molecule has 0 spiro atoms. The SMILES string of the molecule is Cc1ccccc1-c1cc2ccccc2nc1C(C)NC(=O)c1nccnc1N. The fourth-order valence-corrected chi connectivity index (χ4v) is 3.41. The van der Waals surface area contributed by atoms with E-state index in [-0.39, 0.29) is 23.5 Å². The van der Waals surface area contributed by atoms with Gasteiger partial charge in [0.2, 0.25) is 0 Å². The van der Waals surface area contributed by atoms with Crippen molar-refractivity contribution in [3.63, 3.8) is 0 Å². The van der Waals surface area contributed by atoms with Gasteiger partial charge in [0.25, 0.3) is 5.91 Å². The lowest BCUT2D eigenvalue weighted by molar-refractivity contribution is 0.0935. The van der Waals surface area contributed by atoms with E-state index < -0.39 is 0 Å². The molecule has 1 amide bonds. The number of benzene rings is 2. The van der Waals surface area contributed by atoms with Crippen LogP contribution in [0.3, 0.4) is 0 Å². The van der Waals surface area contributed by atoms with Gasteiger partial charge in [0, 0.05) is 23.3 Å². The van der Waals surface area contributed by atoms with Gasteiger partial charge in [0.15, 0.2) is 11.5 Å². The summed E-state index contributed by atoms with van der Waals surface area (Å²) in [6, 6.07) is 17.9. The third-order valence-electron chi connectivity index (χ3n) is 4.89. The van der Waals surface area contributed by atoms with Crippen molar-refractivity contribution in [1.82, 2.24) is 20.3 Å². The number of fused-ring (bicyclic) bond motifs is 1. The Hall–Kier alpha value is -3.80. The highest BCUT2D eigenvalue weighted by Crippen LogP contribution is 2.32. The van der Waals surface area contributed by atoms with Gasteiger partial charge in [-0.3, -0.25) is 4.79 Å². The van der Waals surface area contributed by atoms with Gasteiger partial charge in [-0.1, -0.05) is 42.5 Å². The summed E-state index contributed by atoms with van der Waals surface area (Å²) in [6.07, 6.45) is 2.90. The molecule has 0 aliphatic rings. The lowest BCUT2D eigenvalue weighted by Gasteiger charge is -2.19. The molecule has 0 bridgehead atoms. The first-order valence-corrected chi connectivity index (χ1v) is 9.37. The third kappa shape index (κ3) is 3.65. The summed E-state index contributed by atoms with van der Waals surface area (Å²) < 4.78 is 0. The summed E-state index contributed by atoms with van der Waals surface area (Å²) in [6.45, 7) is 3.97. The van der Waals surface area contributed by atoms with E-state index in [0.29, 0.717) is 0 Å². The number of rotatable bonds is 4. The average molecular weight is 383 g/mol. The van der Waals surface area contributed by atoms with Crippen LogP contribution in [0.1, 0.15) is 34.7 Å². The van der Waals surface area contributed by atoms with Crippen molar-refractivity contribution in [2.45, 2.75) is 19.9 Å². The maximum absolute atomic E-state index is 12.7. The molecule has 2 aromatic heterocycles. The van der Waals surface area contributed by atoms with E-state index in [1.165, 1.54) is 12.4 Å². The molecule has 4 aromatic rings. The number of nitrogens with one attached hydrogen (secondary N) is 1. The van der Waals surface area contributed by atoms with Crippen molar-refractivity contribution in [3.05, 3.63) is 83.9 Å². The predicted molar refractivity (Wildman–Crippen MR) is 114 cm³/mol. The zero-order chi connectivity index (χ0) is 20.4. The monoisotopic (exact) mass is 383 g/mol. The molecule has 0 radical (unpaired) electrons. The molecule has 1 atom stereocenters. The van der Waals surface area contributed by atoms with Crippen LogP contribution in [-0.2, 0) is 0 Å². The topological polar surface area (TPSA) is 93.8 Å². The molecule has 6 nitrogen and oxygen atoms in total. The van der Waals surface area contributed by atoms with Crippen LogP contribution in [0.2, 0.25) is 0 Å². The van der Waals surface area contributed by atoms with E-state index in [0.717, 1.165) is 33.3 Å². The van der Waals surface area contributed by atoms with Gasteiger partial charge in [-0.25, -0.2) is 15.0 Å². The molecule has 4 rings (SSSR count). The maximum atomic E-state index is 12.7. The zero-order valence-corrected chi connectivity index (χ0v) is 16.3. The number of anilines is 1. The maximum Gasteiger partial charge on any atom is 0.274 e. The summed E-state index contributed by atoms with van der Waals surface area (Å²) in [7, 11) is 0. The van der Waals surface area contributed by atoms with Gasteiger partial charge in [0.1, 0.15) is 0 Å². The molecular weight excluding hydrogens is 362 g/mol. The normalized spacial score (nSPS) is 11.9. The van der Waals surface area contributed by atoms with Crippen molar-refractivity contribution >= 4 is 22.6 Å². The van der Waals surface area contributed by atoms with Gasteiger partial charge in [-0.05, 0) is 37.1 Å². The summed E-state index contributed by atoms with van der Waals surface area (Å²) in [5.41, 5.74) is 10.8. The van der Waals surface area contributed by atoms with Crippen molar-refractivity contribution < 1.29 is 4.79 Å². The molecule has 1 unspecified atom stereocenters. The molecule has 0 fully saturated rings. The van der Waals surface area contributed by atoms with Gasteiger partial charge in [-0.2, -0.15) is 0 Å². The minimum atomic E-state index is -0.381. The van der Waals surface area contributed by atoms with Gasteiger partial charge in [0.05, 0.1) is 17.3 Å². The molecule has 6 heteroatoms. The number of aryl methyl sites for hydroxylation is 1. The second-order valence-electron chi connectivity index (χ2n) is 6.91. The number of nitrogens with two attached hydrogens (primary N) is 1. The largest absolute Gasteiger partial charge is 0.382 e. The van der Waals surface area contributed by atoms with Crippen molar-refractivity contribution in [3.8, 4) is 11.1 Å². The molecule has 29 heavy (non-hydrogen) atoms. The first kappa shape index (κ1) is 18.6. The summed E-state index contributed by atoms with van der Waals surface area (Å²) >= 11 is 0. The Balaban J connectivity index is 1.79. The Morgan fingerprint density at radius 1 is 1.00 bits per heavy atom. The number of aromatic nitrogens is 3. The Morgan fingerprint density at radius 3 is 2.52 bits per heavy atom. The molecule has 2 heterocycles. The second kappa shape index (κ2) is 7.67. The first-order chi connectivity index (χ1) is 14.0. The number of hydrogen-bond acceptors (Lipinski definition) is 5. The van der Waals surface area contributed by atoms with E-state index in [9.17, 15) is 4.79 Å². The van der Waals surface area contributed by atoms with Crippen molar-refractivity contribution in [1.29, 1.82) is 0 Å². The minimum Gasteiger partial charge on any atom is -0.382 e. The van der Waals surface area contributed by atoms with Crippen LogP contribution in [0.5, 0.6) is 0 Å². The van der Waals surface area contributed by atoms with Crippen LogP contribution in [0.25, 0.3) is 22.0 Å². The fourth-order valence-electron chi connectivity index (χ4n) is 3.41. The Kier molecular flexibility index (Phi) is 4.91. The van der Waals surface area contributed by atoms with Crippen LogP contribution in [0.4, 0.5) is 5.82 Å². The van der Waals surface area contributed by atoms with Crippen molar-refractivity contribution in [2.24, 2.45) is 0 Å². The number of nitrogens with zero attached hydrogens (tertiary/aromatic N) is 3. The third-order valence-corrected chi connectivity index (χ3v) is 4.89. The van der Waals surface area contributed by atoms with Crippen LogP contribution >= 0.6 is 0 Å². The van der Waals surface area contributed by atoms with E-state index in [2.05, 4.69) is 40.4 Å². The van der Waals surface area contributed by atoms with Crippen LogP contribution in [0, 0.1) is 6.92 Å². The highest BCUT2D eigenvalue weighted by Gasteiger charge is 2.20. The number of carbonyl (C=O) groups is 1. The molecular formula is C23H21N5O. The molecule has 0 saturated heterocycles. The average Bonchev–Trinajstić information content (AvgIpc) is 2.73. The van der Waals surface area contributed by atoms with E-state index >= 15 is 0 Å². The highest BCUT2D eigenvalue weighted by atomic mass is 16.2. The Bertz CT molecular complexity index is 1200. The Labute approximate surface area is 168 Å². The predicted octanol–water partition coefficient (Wildman–Crippen LogP) is 4.07. The lowest BCUT2D eigenvalue weighted by atomic mass is 9.95. The van der Waals surface area contributed by atoms with Crippen LogP contribution in [0.15, 0.2) is 67.0 Å². The molecule has 2 aromatic carbocycles. The highest BCUT2D eigenvalue weighted by molar-refractivity contribution is 5.96. The summed E-state index contributed by atoms with van der Waals surface area (Å²) in [5, 5.41) is 4.01. The van der Waals surface area contributed by atoms with E-state index in [1.807, 2.05) is 43.3 Å². The van der Waals surface area contributed by atoms with Gasteiger partial charge < -0.3 is 11.1 Å². The molecule has 0 saturated carbocycles. The minimum absolute atomic E-state index is 0.0998. The van der Waals surface area contributed by atoms with E-state index in [4.69, 9.17) is 10.7 Å². The van der Waals surface area contributed by atoms with Gasteiger partial charge in [-0.15, -0.1) is 0 Å². The molecule has 0 aliphatic heterocycles. The molecule has 3 N–H and O–H groups in total. The number of para-hydroxylation sites is 1.